The zero-order valence-electron chi connectivity index (χ0n) is 17.3. The van der Waals surface area contributed by atoms with Crippen LogP contribution in [-0.2, 0) is 14.3 Å². The highest BCUT2D eigenvalue weighted by Gasteiger charge is 2.25. The lowest BCUT2D eigenvalue weighted by atomic mass is 9.95. The second kappa shape index (κ2) is 11.6. The lowest BCUT2D eigenvalue weighted by Crippen LogP contribution is -2.52. The van der Waals surface area contributed by atoms with Crippen LogP contribution in [0.25, 0.3) is 6.08 Å². The zero-order chi connectivity index (χ0) is 21.9. The number of hydrogen-bond donors (Lipinski definition) is 2. The molecule has 1 fully saturated rings. The van der Waals surface area contributed by atoms with Crippen LogP contribution in [0.3, 0.4) is 0 Å². The Morgan fingerprint density at radius 1 is 1.03 bits per heavy atom. The van der Waals surface area contributed by atoms with E-state index in [4.69, 9.17) is 4.74 Å². The average Bonchev–Trinajstić information content (AvgIpc) is 2.82. The Bertz CT molecular complexity index is 894. The number of ether oxygens (including phenoxy) is 1. The molecule has 162 valence electrons. The minimum Gasteiger partial charge on any atom is -0.459 e. The van der Waals surface area contributed by atoms with Crippen molar-refractivity contribution in [1.29, 1.82) is 0 Å². The number of hydrogen-bond acceptors (Lipinski definition) is 5. The molecule has 1 heterocycles. The molecule has 0 saturated heterocycles. The quantitative estimate of drug-likeness (QED) is 0.505. The predicted octanol–water partition coefficient (Wildman–Crippen LogP) is 2.89. The molecule has 2 N–H and O–H groups in total. The van der Waals surface area contributed by atoms with Crippen LogP contribution in [0.4, 0.5) is 0 Å². The number of esters is 1. The second-order valence-electron chi connectivity index (χ2n) is 7.48. The van der Waals surface area contributed by atoms with E-state index in [2.05, 4.69) is 15.6 Å². The second-order valence-corrected chi connectivity index (χ2v) is 7.48. The van der Waals surface area contributed by atoms with E-state index in [-0.39, 0.29) is 18.6 Å². The van der Waals surface area contributed by atoms with Crippen LogP contribution in [0.5, 0.6) is 0 Å². The van der Waals surface area contributed by atoms with Crippen molar-refractivity contribution in [3.05, 3.63) is 72.1 Å². The number of aromatic nitrogens is 1. The first kappa shape index (κ1) is 22.2. The van der Waals surface area contributed by atoms with Crippen molar-refractivity contribution < 1.29 is 19.1 Å². The van der Waals surface area contributed by atoms with Crippen molar-refractivity contribution >= 4 is 23.9 Å². The maximum atomic E-state index is 12.8. The summed E-state index contributed by atoms with van der Waals surface area (Å²) in [5, 5.41) is 5.64. The molecule has 1 aromatic carbocycles. The number of carbonyl (C=O) groups is 3. The number of rotatable bonds is 8. The van der Waals surface area contributed by atoms with E-state index in [0.717, 1.165) is 31.2 Å². The van der Waals surface area contributed by atoms with Crippen molar-refractivity contribution in [2.45, 2.75) is 44.2 Å². The van der Waals surface area contributed by atoms with E-state index < -0.39 is 17.9 Å². The number of pyridine rings is 1. The molecule has 0 unspecified atom stereocenters. The van der Waals surface area contributed by atoms with Crippen LogP contribution in [0.15, 0.2) is 60.9 Å². The van der Waals surface area contributed by atoms with Crippen molar-refractivity contribution in [2.24, 2.45) is 0 Å². The van der Waals surface area contributed by atoms with Gasteiger partial charge in [0.1, 0.15) is 12.6 Å². The number of nitrogens with one attached hydrogen (secondary N) is 2. The van der Waals surface area contributed by atoms with Gasteiger partial charge >= 0.3 is 5.97 Å². The Morgan fingerprint density at radius 2 is 1.74 bits per heavy atom. The van der Waals surface area contributed by atoms with E-state index in [1.807, 2.05) is 30.3 Å². The molecule has 31 heavy (non-hydrogen) atoms. The summed E-state index contributed by atoms with van der Waals surface area (Å²) in [6.45, 7) is -0.259. The molecule has 0 aliphatic heterocycles. The Kier molecular flexibility index (Phi) is 8.34. The van der Waals surface area contributed by atoms with Gasteiger partial charge in [0.15, 0.2) is 0 Å². The number of amides is 2. The summed E-state index contributed by atoms with van der Waals surface area (Å²) >= 11 is 0. The topological polar surface area (TPSA) is 97.4 Å². The fourth-order valence-corrected chi connectivity index (χ4v) is 3.42. The van der Waals surface area contributed by atoms with E-state index in [1.165, 1.54) is 37.0 Å². The lowest BCUT2D eigenvalue weighted by Gasteiger charge is -2.25. The van der Waals surface area contributed by atoms with Gasteiger partial charge in [-0.25, -0.2) is 4.79 Å². The maximum absolute atomic E-state index is 12.8. The molecule has 2 aromatic rings. The SMILES string of the molecule is O=C(/C=C/c1ccccc1)N[C@H](COC(=O)c1ccncc1)C(=O)NC1CCCCC1. The summed E-state index contributed by atoms with van der Waals surface area (Å²) in [4.78, 5) is 41.3. The third kappa shape index (κ3) is 7.37. The van der Waals surface area contributed by atoms with Gasteiger partial charge in [-0.15, -0.1) is 0 Å². The molecule has 1 aliphatic rings. The van der Waals surface area contributed by atoms with Gasteiger partial charge in [-0.3, -0.25) is 14.6 Å². The highest BCUT2D eigenvalue weighted by Crippen LogP contribution is 2.17. The highest BCUT2D eigenvalue weighted by molar-refractivity contribution is 5.96. The van der Waals surface area contributed by atoms with Gasteiger partial charge in [0.05, 0.1) is 5.56 Å². The van der Waals surface area contributed by atoms with Gasteiger partial charge in [0, 0.05) is 24.5 Å². The first-order valence-corrected chi connectivity index (χ1v) is 10.5. The summed E-state index contributed by atoms with van der Waals surface area (Å²) in [5.74, 6) is -1.37. The summed E-state index contributed by atoms with van der Waals surface area (Å²) < 4.78 is 5.30. The molecule has 0 bridgehead atoms. The molecule has 7 heteroatoms. The number of carbonyl (C=O) groups excluding carboxylic acids is 3. The molecule has 0 radical (unpaired) electrons. The third-order valence-electron chi connectivity index (χ3n) is 5.11. The first-order chi connectivity index (χ1) is 15.1. The van der Waals surface area contributed by atoms with Crippen LogP contribution in [0, 0.1) is 0 Å². The normalized spacial score (nSPS) is 15.2. The van der Waals surface area contributed by atoms with Crippen molar-refractivity contribution in [2.75, 3.05) is 6.61 Å². The number of benzene rings is 1. The van der Waals surface area contributed by atoms with Crippen molar-refractivity contribution in [1.82, 2.24) is 15.6 Å². The summed E-state index contributed by atoms with van der Waals surface area (Å²) in [6, 6.07) is 11.5. The smallest absolute Gasteiger partial charge is 0.338 e. The summed E-state index contributed by atoms with van der Waals surface area (Å²) in [7, 11) is 0. The molecule has 7 nitrogen and oxygen atoms in total. The molecule has 0 spiro atoms. The summed E-state index contributed by atoms with van der Waals surface area (Å²) in [5.41, 5.74) is 1.20. The monoisotopic (exact) mass is 421 g/mol. The predicted molar refractivity (Wildman–Crippen MR) is 117 cm³/mol. The molecule has 1 saturated carbocycles. The van der Waals surface area contributed by atoms with E-state index in [1.54, 1.807) is 6.08 Å². The zero-order valence-corrected chi connectivity index (χ0v) is 17.3. The van der Waals surface area contributed by atoms with E-state index in [0.29, 0.717) is 5.56 Å². The Hall–Kier alpha value is -3.48. The average molecular weight is 421 g/mol. The van der Waals surface area contributed by atoms with Crippen molar-refractivity contribution in [3.8, 4) is 0 Å². The van der Waals surface area contributed by atoms with Gasteiger partial charge in [-0.05, 0) is 36.6 Å². The Labute approximate surface area is 181 Å². The Morgan fingerprint density at radius 3 is 2.45 bits per heavy atom. The standard InChI is InChI=1S/C24H27N3O4/c28-22(12-11-18-7-3-1-4-8-18)27-21(23(29)26-20-9-5-2-6-10-20)17-31-24(30)19-13-15-25-16-14-19/h1,3-4,7-8,11-16,20-21H,2,5-6,9-10,17H2,(H,26,29)(H,27,28)/b12-11+/t21-/m1/s1. The molecular weight excluding hydrogens is 394 g/mol. The van der Waals surface area contributed by atoms with Crippen LogP contribution < -0.4 is 10.6 Å². The largest absolute Gasteiger partial charge is 0.459 e. The lowest BCUT2D eigenvalue weighted by molar-refractivity contribution is -0.128. The minimum atomic E-state index is -0.986. The van der Waals surface area contributed by atoms with Gasteiger partial charge in [0.25, 0.3) is 0 Å². The molecular formula is C24H27N3O4. The van der Waals surface area contributed by atoms with Crippen LogP contribution in [0.2, 0.25) is 0 Å². The molecule has 2 amide bonds. The highest BCUT2D eigenvalue weighted by atomic mass is 16.5. The van der Waals surface area contributed by atoms with Gasteiger partial charge in [-0.1, -0.05) is 49.6 Å². The third-order valence-corrected chi connectivity index (χ3v) is 5.11. The maximum Gasteiger partial charge on any atom is 0.338 e. The molecule has 3 rings (SSSR count). The number of nitrogens with zero attached hydrogens (tertiary/aromatic N) is 1. The molecule has 1 atom stereocenters. The van der Waals surface area contributed by atoms with Crippen LogP contribution >= 0.6 is 0 Å². The molecule has 1 aromatic heterocycles. The van der Waals surface area contributed by atoms with Gasteiger partial charge < -0.3 is 15.4 Å². The molecule has 1 aliphatic carbocycles. The minimum absolute atomic E-state index is 0.0800. The van der Waals surface area contributed by atoms with Crippen LogP contribution in [0.1, 0.15) is 48.0 Å². The van der Waals surface area contributed by atoms with E-state index in [9.17, 15) is 14.4 Å². The first-order valence-electron chi connectivity index (χ1n) is 10.5. The summed E-state index contributed by atoms with van der Waals surface area (Å²) in [6.07, 6.45) is 11.1. The Balaban J connectivity index is 1.62. The van der Waals surface area contributed by atoms with Crippen molar-refractivity contribution in [3.63, 3.8) is 0 Å². The fourth-order valence-electron chi connectivity index (χ4n) is 3.42. The van der Waals surface area contributed by atoms with Gasteiger partial charge in [-0.2, -0.15) is 0 Å². The van der Waals surface area contributed by atoms with Crippen LogP contribution in [-0.4, -0.2) is 41.5 Å². The van der Waals surface area contributed by atoms with E-state index >= 15 is 0 Å². The van der Waals surface area contributed by atoms with Gasteiger partial charge in [0.2, 0.25) is 11.8 Å². The fraction of sp³-hybridized carbons (Fsp3) is 0.333.